The Morgan fingerprint density at radius 3 is 2.76 bits per heavy atom. The smallest absolute Gasteiger partial charge is 0.171 e. The van der Waals surface area contributed by atoms with Crippen molar-refractivity contribution in [3.8, 4) is 10.7 Å². The Hall–Kier alpha value is -0.650. The molecule has 0 atom stereocenters. The van der Waals surface area contributed by atoms with Gasteiger partial charge in [-0.25, -0.2) is 9.97 Å². The Kier molecular flexibility index (Phi) is 4.01. The zero-order valence-corrected chi connectivity index (χ0v) is 12.6. The average molecular weight is 333 g/mol. The lowest BCUT2D eigenvalue weighted by atomic mass is 10.3. The topological polar surface area (TPSA) is 37.8 Å². The maximum absolute atomic E-state index is 5.92. The van der Waals surface area contributed by atoms with E-state index in [1.807, 2.05) is 18.5 Å². The number of halogens is 2. The molecule has 0 aliphatic carbocycles. The van der Waals surface area contributed by atoms with Crippen LogP contribution in [0, 0.1) is 0 Å². The van der Waals surface area contributed by atoms with Crippen LogP contribution in [0.3, 0.4) is 0 Å². The van der Waals surface area contributed by atoms with Crippen LogP contribution in [0.15, 0.2) is 15.9 Å². The van der Waals surface area contributed by atoms with Gasteiger partial charge in [-0.05, 0) is 28.4 Å². The van der Waals surface area contributed by atoms with E-state index >= 15 is 0 Å². The van der Waals surface area contributed by atoms with Crippen LogP contribution in [-0.4, -0.2) is 17.0 Å². The van der Waals surface area contributed by atoms with Crippen LogP contribution in [0.5, 0.6) is 0 Å². The highest BCUT2D eigenvalue weighted by Gasteiger charge is 2.12. The molecule has 0 amide bonds. The summed E-state index contributed by atoms with van der Waals surface area (Å²) in [6, 6.07) is 1.88. The van der Waals surface area contributed by atoms with Crippen LogP contribution in [0.2, 0.25) is 5.02 Å². The summed E-state index contributed by atoms with van der Waals surface area (Å²) in [4.78, 5) is 9.98. The van der Waals surface area contributed by atoms with E-state index in [2.05, 4.69) is 38.1 Å². The van der Waals surface area contributed by atoms with E-state index in [9.17, 15) is 0 Å². The Bertz CT molecular complexity index is 516. The third-order valence-electron chi connectivity index (χ3n) is 2.28. The lowest BCUT2D eigenvalue weighted by Gasteiger charge is -2.08. The summed E-state index contributed by atoms with van der Waals surface area (Å²) >= 11 is 11.0. The molecule has 0 aliphatic heterocycles. The zero-order valence-electron chi connectivity index (χ0n) is 9.42. The number of aryl methyl sites for hydroxylation is 1. The van der Waals surface area contributed by atoms with Crippen molar-refractivity contribution < 1.29 is 0 Å². The van der Waals surface area contributed by atoms with Crippen molar-refractivity contribution in [1.29, 1.82) is 0 Å². The molecule has 0 bridgehead atoms. The molecule has 0 spiro atoms. The van der Waals surface area contributed by atoms with Gasteiger partial charge in [0.1, 0.15) is 5.82 Å². The molecule has 1 N–H and O–H groups in total. The fourth-order valence-corrected chi connectivity index (χ4v) is 3.10. The molecule has 0 radical (unpaired) electrons. The molecule has 0 aromatic carbocycles. The van der Waals surface area contributed by atoms with E-state index in [-0.39, 0.29) is 0 Å². The van der Waals surface area contributed by atoms with Crippen LogP contribution < -0.4 is 5.32 Å². The number of nitrogens with one attached hydrogen (secondary N) is 1. The van der Waals surface area contributed by atoms with Gasteiger partial charge in [0, 0.05) is 12.4 Å². The highest BCUT2D eigenvalue weighted by molar-refractivity contribution is 9.10. The molecule has 17 heavy (non-hydrogen) atoms. The predicted molar refractivity (Wildman–Crippen MR) is 77.0 cm³/mol. The summed E-state index contributed by atoms with van der Waals surface area (Å²) in [5, 5.41) is 5.67. The minimum Gasteiger partial charge on any atom is -0.372 e. The lowest BCUT2D eigenvalue weighted by molar-refractivity contribution is 0.994. The van der Waals surface area contributed by atoms with E-state index in [1.165, 1.54) is 0 Å². The second kappa shape index (κ2) is 5.33. The number of thiophene rings is 1. The molecule has 2 heterocycles. The molecular formula is C11H11BrClN3S. The first-order valence-corrected chi connectivity index (χ1v) is 7.19. The minimum atomic E-state index is 0.714. The van der Waals surface area contributed by atoms with Gasteiger partial charge in [-0.1, -0.05) is 18.5 Å². The SMILES string of the molecule is CCc1nc(-c2cc(Cl)cs2)nc(NC)c1Br. The van der Waals surface area contributed by atoms with E-state index in [1.54, 1.807) is 11.3 Å². The lowest BCUT2D eigenvalue weighted by Crippen LogP contribution is -2.02. The van der Waals surface area contributed by atoms with Gasteiger partial charge in [0.15, 0.2) is 5.82 Å². The first-order valence-electron chi connectivity index (χ1n) is 5.14. The van der Waals surface area contributed by atoms with E-state index in [4.69, 9.17) is 11.6 Å². The minimum absolute atomic E-state index is 0.714. The third-order valence-corrected chi connectivity index (χ3v) is 4.39. The van der Waals surface area contributed by atoms with E-state index < -0.39 is 0 Å². The zero-order chi connectivity index (χ0) is 12.4. The first-order chi connectivity index (χ1) is 8.15. The van der Waals surface area contributed by atoms with Gasteiger partial charge in [0.05, 0.1) is 20.1 Å². The number of hydrogen-bond donors (Lipinski definition) is 1. The summed E-state index contributed by atoms with van der Waals surface area (Å²) in [6.07, 6.45) is 0.851. The van der Waals surface area contributed by atoms with Crippen LogP contribution >= 0.6 is 38.9 Å². The van der Waals surface area contributed by atoms with Crippen LogP contribution in [0.4, 0.5) is 5.82 Å². The number of hydrogen-bond acceptors (Lipinski definition) is 4. The third kappa shape index (κ3) is 2.61. The average Bonchev–Trinajstić information content (AvgIpc) is 2.76. The molecule has 2 aromatic heterocycles. The maximum atomic E-state index is 5.92. The summed E-state index contributed by atoms with van der Waals surface area (Å²) in [6.45, 7) is 2.07. The molecule has 2 aromatic rings. The van der Waals surface area contributed by atoms with Gasteiger partial charge in [-0.2, -0.15) is 0 Å². The number of nitrogens with zero attached hydrogens (tertiary/aromatic N) is 2. The van der Waals surface area contributed by atoms with Crippen molar-refractivity contribution in [2.75, 3.05) is 12.4 Å². The van der Waals surface area contributed by atoms with E-state index in [0.717, 1.165) is 32.3 Å². The standard InChI is InChI=1S/C11H11BrClN3S/c1-3-7-9(12)11(14-2)16-10(15-7)8-4-6(13)5-17-8/h4-5H,3H2,1-2H3,(H,14,15,16). The van der Waals surface area contributed by atoms with Crippen molar-refractivity contribution in [3.63, 3.8) is 0 Å². The van der Waals surface area contributed by atoms with Crippen molar-refractivity contribution >= 4 is 44.7 Å². The van der Waals surface area contributed by atoms with Crippen LogP contribution in [0.25, 0.3) is 10.7 Å². The molecular weight excluding hydrogens is 322 g/mol. The highest BCUT2D eigenvalue weighted by atomic mass is 79.9. The Morgan fingerprint density at radius 1 is 1.47 bits per heavy atom. The quantitative estimate of drug-likeness (QED) is 0.914. The molecule has 3 nitrogen and oxygen atoms in total. The number of anilines is 1. The Morgan fingerprint density at radius 2 is 2.24 bits per heavy atom. The Balaban J connectivity index is 2.55. The highest BCUT2D eigenvalue weighted by Crippen LogP contribution is 2.31. The molecule has 0 aliphatic rings. The number of rotatable bonds is 3. The van der Waals surface area contributed by atoms with Gasteiger partial charge in [0.25, 0.3) is 0 Å². The van der Waals surface area contributed by atoms with Gasteiger partial charge in [0.2, 0.25) is 0 Å². The fraction of sp³-hybridized carbons (Fsp3) is 0.273. The van der Waals surface area contributed by atoms with Crippen molar-refractivity contribution in [1.82, 2.24) is 9.97 Å². The van der Waals surface area contributed by atoms with Gasteiger partial charge in [-0.15, -0.1) is 11.3 Å². The van der Waals surface area contributed by atoms with Crippen LogP contribution in [-0.2, 0) is 6.42 Å². The molecule has 0 saturated carbocycles. The van der Waals surface area contributed by atoms with Crippen molar-refractivity contribution in [2.45, 2.75) is 13.3 Å². The molecule has 0 unspecified atom stereocenters. The van der Waals surface area contributed by atoms with Crippen LogP contribution in [0.1, 0.15) is 12.6 Å². The molecule has 0 fully saturated rings. The summed E-state index contributed by atoms with van der Waals surface area (Å²) in [5.74, 6) is 1.52. The van der Waals surface area contributed by atoms with Crippen molar-refractivity contribution in [3.05, 3.63) is 26.6 Å². The normalized spacial score (nSPS) is 10.6. The fourth-order valence-electron chi connectivity index (χ4n) is 1.43. The molecule has 0 saturated heterocycles. The number of aromatic nitrogens is 2. The summed E-state index contributed by atoms with van der Waals surface area (Å²) in [5.41, 5.74) is 0.990. The predicted octanol–water partition coefficient (Wildman–Crippen LogP) is 4.23. The monoisotopic (exact) mass is 331 g/mol. The molecule has 90 valence electrons. The van der Waals surface area contributed by atoms with Crippen molar-refractivity contribution in [2.24, 2.45) is 0 Å². The van der Waals surface area contributed by atoms with E-state index in [0.29, 0.717) is 5.82 Å². The second-order valence-electron chi connectivity index (χ2n) is 3.39. The Labute approximate surface area is 117 Å². The maximum Gasteiger partial charge on any atom is 0.171 e. The summed E-state index contributed by atoms with van der Waals surface area (Å²) < 4.78 is 0.925. The van der Waals surface area contributed by atoms with Gasteiger partial charge in [-0.3, -0.25) is 0 Å². The van der Waals surface area contributed by atoms with Gasteiger partial charge < -0.3 is 5.32 Å². The second-order valence-corrected chi connectivity index (χ2v) is 5.53. The molecule has 2 rings (SSSR count). The molecule has 6 heteroatoms. The largest absolute Gasteiger partial charge is 0.372 e. The van der Waals surface area contributed by atoms with Gasteiger partial charge >= 0.3 is 0 Å². The summed E-state index contributed by atoms with van der Waals surface area (Å²) in [7, 11) is 1.84. The first kappa shape index (κ1) is 12.8.